The highest BCUT2D eigenvalue weighted by Crippen LogP contribution is 2.12. The van der Waals surface area contributed by atoms with Crippen LogP contribution in [0.5, 0.6) is 0 Å². The topological polar surface area (TPSA) is 58.4 Å². The van der Waals surface area contributed by atoms with Crippen LogP contribution >= 0.6 is 0 Å². The Bertz CT molecular complexity index is 194. The van der Waals surface area contributed by atoms with Crippen LogP contribution in [-0.2, 0) is 4.79 Å². The molecule has 0 aromatic rings. The zero-order valence-corrected chi connectivity index (χ0v) is 10.5. The molecule has 0 radical (unpaired) electrons. The minimum Gasteiger partial charge on any atom is -0.368 e. The third-order valence-electron chi connectivity index (χ3n) is 2.59. The highest BCUT2D eigenvalue weighted by atomic mass is 16.1. The molecule has 0 aliphatic heterocycles. The fraction of sp³-hybridized carbons (Fsp3) is 0.909. The lowest BCUT2D eigenvalue weighted by atomic mass is 9.94. The van der Waals surface area contributed by atoms with Gasteiger partial charge in [-0.2, -0.15) is 0 Å². The van der Waals surface area contributed by atoms with E-state index in [-0.39, 0.29) is 5.91 Å². The Morgan fingerprint density at radius 3 is 2.47 bits per heavy atom. The summed E-state index contributed by atoms with van der Waals surface area (Å²) in [5, 5.41) is 3.23. The molecule has 3 N–H and O–H groups in total. The quantitative estimate of drug-likeness (QED) is 0.622. The maximum Gasteiger partial charge on any atom is 0.237 e. The highest BCUT2D eigenvalue weighted by Gasteiger charge is 2.29. The van der Waals surface area contributed by atoms with Gasteiger partial charge in [-0.05, 0) is 53.4 Å². The van der Waals surface area contributed by atoms with Crippen molar-refractivity contribution < 1.29 is 4.79 Å². The second-order valence-corrected chi connectivity index (χ2v) is 4.53. The lowest BCUT2D eigenvalue weighted by Gasteiger charge is -2.28. The fourth-order valence-electron chi connectivity index (χ4n) is 1.45. The summed E-state index contributed by atoms with van der Waals surface area (Å²) in [5.74, 6) is -0.255. The van der Waals surface area contributed by atoms with Gasteiger partial charge in [0.2, 0.25) is 5.91 Å². The first-order chi connectivity index (χ1) is 6.92. The van der Waals surface area contributed by atoms with Crippen LogP contribution in [0.15, 0.2) is 0 Å². The molecule has 0 aliphatic rings. The summed E-state index contributed by atoms with van der Waals surface area (Å²) in [6, 6.07) is 0. The molecule has 0 aromatic heterocycles. The second kappa shape index (κ2) is 6.80. The Kier molecular flexibility index (Phi) is 6.52. The molecule has 0 saturated heterocycles. The van der Waals surface area contributed by atoms with E-state index in [2.05, 4.69) is 17.1 Å². The minimum absolute atomic E-state index is 0.255. The molecular weight excluding hydrogens is 190 g/mol. The van der Waals surface area contributed by atoms with Crippen molar-refractivity contribution in [2.75, 3.05) is 27.2 Å². The summed E-state index contributed by atoms with van der Waals surface area (Å²) < 4.78 is 0. The average molecular weight is 215 g/mol. The molecule has 15 heavy (non-hydrogen) atoms. The Morgan fingerprint density at radius 1 is 1.47 bits per heavy atom. The Morgan fingerprint density at radius 2 is 2.07 bits per heavy atom. The third-order valence-corrected chi connectivity index (χ3v) is 2.59. The summed E-state index contributed by atoms with van der Waals surface area (Å²) in [6.45, 7) is 5.78. The van der Waals surface area contributed by atoms with Gasteiger partial charge >= 0.3 is 0 Å². The van der Waals surface area contributed by atoms with Crippen molar-refractivity contribution in [1.29, 1.82) is 0 Å². The first kappa shape index (κ1) is 14.4. The number of nitrogens with two attached hydrogens (primary N) is 1. The molecule has 0 fully saturated rings. The number of amides is 1. The lowest BCUT2D eigenvalue weighted by Crippen LogP contribution is -2.53. The van der Waals surface area contributed by atoms with Crippen molar-refractivity contribution in [3.8, 4) is 0 Å². The summed E-state index contributed by atoms with van der Waals surface area (Å²) in [6.07, 6.45) is 2.78. The van der Waals surface area contributed by atoms with Crippen LogP contribution in [0.3, 0.4) is 0 Å². The summed E-state index contributed by atoms with van der Waals surface area (Å²) in [7, 11) is 4.06. The number of rotatable bonds is 8. The number of carbonyl (C=O) groups excluding carboxylic acids is 1. The molecule has 1 amide bonds. The van der Waals surface area contributed by atoms with Gasteiger partial charge in [0.25, 0.3) is 0 Å². The number of hydrogen-bond donors (Lipinski definition) is 2. The van der Waals surface area contributed by atoms with Crippen LogP contribution < -0.4 is 11.1 Å². The molecule has 0 heterocycles. The van der Waals surface area contributed by atoms with Gasteiger partial charge in [0, 0.05) is 0 Å². The first-order valence-electron chi connectivity index (χ1n) is 5.62. The predicted molar refractivity (Wildman–Crippen MR) is 63.7 cm³/mol. The van der Waals surface area contributed by atoms with Crippen LogP contribution in [0, 0.1) is 0 Å². The van der Waals surface area contributed by atoms with Crippen LogP contribution in [0.2, 0.25) is 0 Å². The number of primary amides is 1. The van der Waals surface area contributed by atoms with Gasteiger partial charge in [0.05, 0.1) is 5.54 Å². The maximum atomic E-state index is 11.3. The molecule has 90 valence electrons. The normalized spacial score (nSPS) is 15.3. The average Bonchev–Trinajstić information content (AvgIpc) is 2.14. The largest absolute Gasteiger partial charge is 0.368 e. The number of carbonyl (C=O) groups is 1. The monoisotopic (exact) mass is 215 g/mol. The van der Waals surface area contributed by atoms with Gasteiger partial charge in [0.15, 0.2) is 0 Å². The van der Waals surface area contributed by atoms with Crippen molar-refractivity contribution in [3.05, 3.63) is 0 Å². The van der Waals surface area contributed by atoms with E-state index in [1.807, 2.05) is 21.0 Å². The van der Waals surface area contributed by atoms with Crippen molar-refractivity contribution in [2.45, 2.75) is 38.6 Å². The van der Waals surface area contributed by atoms with Gasteiger partial charge in [0.1, 0.15) is 0 Å². The number of nitrogens with zero attached hydrogens (tertiary/aromatic N) is 1. The number of nitrogens with one attached hydrogen (secondary N) is 1. The first-order valence-corrected chi connectivity index (χ1v) is 5.62. The molecule has 0 bridgehead atoms. The van der Waals surface area contributed by atoms with Gasteiger partial charge in [-0.3, -0.25) is 4.79 Å². The second-order valence-electron chi connectivity index (χ2n) is 4.53. The summed E-state index contributed by atoms with van der Waals surface area (Å²) >= 11 is 0. The van der Waals surface area contributed by atoms with Crippen LogP contribution in [0.25, 0.3) is 0 Å². The molecule has 0 aromatic carbocycles. The molecule has 0 rings (SSSR count). The van der Waals surface area contributed by atoms with E-state index >= 15 is 0 Å². The van der Waals surface area contributed by atoms with Crippen LogP contribution in [0.4, 0.5) is 0 Å². The molecule has 0 spiro atoms. The van der Waals surface area contributed by atoms with Gasteiger partial charge in [-0.15, -0.1) is 0 Å². The maximum absolute atomic E-state index is 11.3. The third kappa shape index (κ3) is 5.74. The van der Waals surface area contributed by atoms with E-state index in [4.69, 9.17) is 5.73 Å². The van der Waals surface area contributed by atoms with E-state index in [1.54, 1.807) is 0 Å². The van der Waals surface area contributed by atoms with E-state index in [9.17, 15) is 4.79 Å². The Labute approximate surface area is 93.2 Å². The SMILES string of the molecule is CCCNC(C)(CCCN(C)C)C(N)=O. The highest BCUT2D eigenvalue weighted by molar-refractivity contribution is 5.84. The molecule has 4 nitrogen and oxygen atoms in total. The van der Waals surface area contributed by atoms with Gasteiger partial charge in [-0.1, -0.05) is 6.92 Å². The standard InChI is InChI=1S/C11H25N3O/c1-5-8-13-11(2,10(12)15)7-6-9-14(3)4/h13H,5-9H2,1-4H3,(H2,12,15). The van der Waals surface area contributed by atoms with E-state index in [0.717, 1.165) is 32.4 Å². The zero-order chi connectivity index (χ0) is 11.9. The van der Waals surface area contributed by atoms with Crippen molar-refractivity contribution in [2.24, 2.45) is 5.73 Å². The number of hydrogen-bond acceptors (Lipinski definition) is 3. The van der Waals surface area contributed by atoms with Crippen LogP contribution in [0.1, 0.15) is 33.1 Å². The molecule has 1 atom stereocenters. The molecule has 4 heteroatoms. The molecule has 0 saturated carbocycles. The van der Waals surface area contributed by atoms with E-state index in [0.29, 0.717) is 0 Å². The van der Waals surface area contributed by atoms with Crippen molar-refractivity contribution in [3.63, 3.8) is 0 Å². The van der Waals surface area contributed by atoms with E-state index < -0.39 is 5.54 Å². The van der Waals surface area contributed by atoms with Crippen LogP contribution in [-0.4, -0.2) is 43.5 Å². The Hall–Kier alpha value is -0.610. The lowest BCUT2D eigenvalue weighted by molar-refractivity contribution is -0.124. The Balaban J connectivity index is 4.07. The fourth-order valence-corrected chi connectivity index (χ4v) is 1.45. The zero-order valence-electron chi connectivity index (χ0n) is 10.5. The predicted octanol–water partition coefficient (Wildman–Crippen LogP) is 0.572. The van der Waals surface area contributed by atoms with Crippen molar-refractivity contribution >= 4 is 5.91 Å². The molecule has 1 unspecified atom stereocenters. The molecular formula is C11H25N3O. The molecule has 0 aliphatic carbocycles. The van der Waals surface area contributed by atoms with Crippen molar-refractivity contribution in [1.82, 2.24) is 10.2 Å². The van der Waals surface area contributed by atoms with E-state index in [1.165, 1.54) is 0 Å². The smallest absolute Gasteiger partial charge is 0.237 e. The van der Waals surface area contributed by atoms with Gasteiger partial charge < -0.3 is 16.0 Å². The minimum atomic E-state index is -0.550. The van der Waals surface area contributed by atoms with Gasteiger partial charge in [-0.25, -0.2) is 0 Å². The summed E-state index contributed by atoms with van der Waals surface area (Å²) in [4.78, 5) is 13.5. The summed E-state index contributed by atoms with van der Waals surface area (Å²) in [5.41, 5.74) is 4.86.